The Morgan fingerprint density at radius 3 is 2.65 bits per heavy atom. The fourth-order valence-electron chi connectivity index (χ4n) is 1.98. The molecular weight excluding hydrogens is 327 g/mol. The summed E-state index contributed by atoms with van der Waals surface area (Å²) < 4.78 is 43.1. The van der Waals surface area contributed by atoms with Gasteiger partial charge in [-0.05, 0) is 31.2 Å². The molecule has 0 fully saturated rings. The molecule has 0 aliphatic heterocycles. The summed E-state index contributed by atoms with van der Waals surface area (Å²) in [5.41, 5.74) is 1.03. The van der Waals surface area contributed by atoms with E-state index in [1.807, 2.05) is 31.2 Å². The molecule has 0 saturated heterocycles. The highest BCUT2D eigenvalue weighted by molar-refractivity contribution is 8.00. The molecule has 0 aliphatic rings. The number of alkyl halides is 3. The number of thioether (sulfide) groups is 1. The zero-order chi connectivity index (χ0) is 16.9. The first-order chi connectivity index (χ1) is 10.8. The molecule has 7 heteroatoms. The number of rotatable bonds is 6. The fraction of sp³-hybridized carbons (Fsp3) is 0.312. The maximum Gasteiger partial charge on any atom is 0.406 e. The van der Waals surface area contributed by atoms with E-state index in [2.05, 4.69) is 0 Å². The van der Waals surface area contributed by atoms with E-state index in [0.29, 0.717) is 5.76 Å². The van der Waals surface area contributed by atoms with E-state index in [-0.39, 0.29) is 12.3 Å². The first-order valence-electron chi connectivity index (χ1n) is 6.90. The third-order valence-corrected chi connectivity index (χ3v) is 3.98. The van der Waals surface area contributed by atoms with Gasteiger partial charge in [0.2, 0.25) is 5.91 Å². The Labute approximate surface area is 136 Å². The Hall–Kier alpha value is -1.89. The Morgan fingerprint density at radius 1 is 1.26 bits per heavy atom. The van der Waals surface area contributed by atoms with Gasteiger partial charge in [-0.2, -0.15) is 13.2 Å². The largest absolute Gasteiger partial charge is 0.467 e. The van der Waals surface area contributed by atoms with Gasteiger partial charge in [0, 0.05) is 4.90 Å². The van der Waals surface area contributed by atoms with E-state index in [4.69, 9.17) is 4.42 Å². The molecule has 0 radical (unpaired) electrons. The first kappa shape index (κ1) is 17.5. The standard InChI is InChI=1S/C16H16F3NO2S/c1-12-4-2-6-14(8-12)23-10-15(21)20(11-16(17,18)19)9-13-5-3-7-22-13/h2-8H,9-11H2,1H3. The Bertz CT molecular complexity index is 641. The summed E-state index contributed by atoms with van der Waals surface area (Å²) in [5, 5.41) is 0. The van der Waals surface area contributed by atoms with Crippen LogP contribution in [0.25, 0.3) is 0 Å². The van der Waals surface area contributed by atoms with Gasteiger partial charge < -0.3 is 9.32 Å². The van der Waals surface area contributed by atoms with Crippen LogP contribution in [-0.2, 0) is 11.3 Å². The molecule has 0 spiro atoms. The highest BCUT2D eigenvalue weighted by Gasteiger charge is 2.33. The molecule has 0 bridgehead atoms. The average Bonchev–Trinajstić information content (AvgIpc) is 2.96. The number of carbonyl (C=O) groups is 1. The van der Waals surface area contributed by atoms with Crippen LogP contribution in [0.1, 0.15) is 11.3 Å². The van der Waals surface area contributed by atoms with E-state index in [9.17, 15) is 18.0 Å². The lowest BCUT2D eigenvalue weighted by atomic mass is 10.2. The average molecular weight is 343 g/mol. The molecule has 23 heavy (non-hydrogen) atoms. The summed E-state index contributed by atoms with van der Waals surface area (Å²) in [6.45, 7) is 0.430. The van der Waals surface area contributed by atoms with E-state index < -0.39 is 18.6 Å². The second-order valence-electron chi connectivity index (χ2n) is 5.05. The molecule has 0 saturated carbocycles. The van der Waals surface area contributed by atoms with Crippen molar-refractivity contribution in [3.05, 3.63) is 54.0 Å². The minimum Gasteiger partial charge on any atom is -0.467 e. The quantitative estimate of drug-likeness (QED) is 0.735. The Morgan fingerprint density at radius 2 is 2.04 bits per heavy atom. The summed E-state index contributed by atoms with van der Waals surface area (Å²) >= 11 is 1.22. The highest BCUT2D eigenvalue weighted by atomic mass is 32.2. The minimum absolute atomic E-state index is 0.0553. The normalized spacial score (nSPS) is 11.5. The molecule has 0 atom stereocenters. The number of hydrogen-bond acceptors (Lipinski definition) is 3. The second-order valence-corrected chi connectivity index (χ2v) is 6.10. The first-order valence-corrected chi connectivity index (χ1v) is 7.88. The smallest absolute Gasteiger partial charge is 0.406 e. The third kappa shape index (κ3) is 6.02. The van der Waals surface area contributed by atoms with Gasteiger partial charge in [-0.3, -0.25) is 4.79 Å². The molecule has 1 aromatic carbocycles. The van der Waals surface area contributed by atoms with Gasteiger partial charge in [-0.25, -0.2) is 0 Å². The SMILES string of the molecule is Cc1cccc(SCC(=O)N(Cc2ccco2)CC(F)(F)F)c1. The molecule has 1 aromatic heterocycles. The number of aryl methyl sites for hydroxylation is 1. The van der Waals surface area contributed by atoms with Crippen molar-refractivity contribution in [2.75, 3.05) is 12.3 Å². The third-order valence-electron chi connectivity index (χ3n) is 3.00. The molecule has 0 N–H and O–H groups in total. The number of hydrogen-bond donors (Lipinski definition) is 0. The van der Waals surface area contributed by atoms with Gasteiger partial charge in [0.1, 0.15) is 12.3 Å². The van der Waals surface area contributed by atoms with Gasteiger partial charge in [0.15, 0.2) is 0 Å². The molecule has 0 aliphatic carbocycles. The highest BCUT2D eigenvalue weighted by Crippen LogP contribution is 2.22. The maximum absolute atomic E-state index is 12.7. The van der Waals surface area contributed by atoms with Gasteiger partial charge in [-0.1, -0.05) is 17.7 Å². The summed E-state index contributed by atoms with van der Waals surface area (Å²) in [6, 6.07) is 10.6. The van der Waals surface area contributed by atoms with Gasteiger partial charge >= 0.3 is 6.18 Å². The van der Waals surface area contributed by atoms with Gasteiger partial charge in [-0.15, -0.1) is 11.8 Å². The minimum atomic E-state index is -4.45. The molecule has 124 valence electrons. The van der Waals surface area contributed by atoms with Crippen molar-refractivity contribution in [2.24, 2.45) is 0 Å². The number of halogens is 3. The lowest BCUT2D eigenvalue weighted by Crippen LogP contribution is -2.39. The van der Waals surface area contributed by atoms with Crippen LogP contribution in [0.4, 0.5) is 13.2 Å². The van der Waals surface area contributed by atoms with Crippen LogP contribution in [0.3, 0.4) is 0 Å². The number of amides is 1. The van der Waals surface area contributed by atoms with E-state index in [0.717, 1.165) is 15.4 Å². The summed E-state index contributed by atoms with van der Waals surface area (Å²) in [7, 11) is 0. The Kier molecular flexibility index (Phi) is 5.76. The van der Waals surface area contributed by atoms with Crippen molar-refractivity contribution in [1.29, 1.82) is 0 Å². The van der Waals surface area contributed by atoms with Crippen LogP contribution in [0.5, 0.6) is 0 Å². The van der Waals surface area contributed by atoms with E-state index in [1.54, 1.807) is 12.1 Å². The predicted octanol–water partition coefficient (Wildman–Crippen LogP) is 4.27. The van der Waals surface area contributed by atoms with Crippen LogP contribution >= 0.6 is 11.8 Å². The fourth-order valence-corrected chi connectivity index (χ4v) is 2.90. The molecule has 3 nitrogen and oxygen atoms in total. The van der Waals surface area contributed by atoms with Crippen molar-refractivity contribution in [2.45, 2.75) is 24.5 Å². The second kappa shape index (κ2) is 7.59. The maximum atomic E-state index is 12.7. The summed E-state index contributed by atoms with van der Waals surface area (Å²) in [4.78, 5) is 13.8. The lowest BCUT2D eigenvalue weighted by Gasteiger charge is -2.23. The van der Waals surface area contributed by atoms with E-state index >= 15 is 0 Å². The number of furan rings is 1. The molecular formula is C16H16F3NO2S. The van der Waals surface area contributed by atoms with Gasteiger partial charge in [0.25, 0.3) is 0 Å². The molecule has 2 rings (SSSR count). The number of benzene rings is 1. The van der Waals surface area contributed by atoms with Crippen LogP contribution in [0.15, 0.2) is 52.0 Å². The van der Waals surface area contributed by atoms with Crippen LogP contribution in [-0.4, -0.2) is 29.3 Å². The zero-order valence-electron chi connectivity index (χ0n) is 12.5. The predicted molar refractivity (Wildman–Crippen MR) is 82.1 cm³/mol. The van der Waals surface area contributed by atoms with Crippen molar-refractivity contribution in [3.63, 3.8) is 0 Å². The summed E-state index contributed by atoms with van der Waals surface area (Å²) in [5.74, 6) is -0.311. The number of nitrogens with zero attached hydrogens (tertiary/aromatic N) is 1. The van der Waals surface area contributed by atoms with Crippen LogP contribution in [0.2, 0.25) is 0 Å². The van der Waals surface area contributed by atoms with Gasteiger partial charge in [0.05, 0.1) is 18.6 Å². The monoisotopic (exact) mass is 343 g/mol. The molecule has 1 amide bonds. The van der Waals surface area contributed by atoms with Crippen molar-refractivity contribution >= 4 is 17.7 Å². The topological polar surface area (TPSA) is 33.5 Å². The molecule has 1 heterocycles. The van der Waals surface area contributed by atoms with Crippen molar-refractivity contribution < 1.29 is 22.4 Å². The van der Waals surface area contributed by atoms with E-state index in [1.165, 1.54) is 18.0 Å². The lowest BCUT2D eigenvalue weighted by molar-refractivity contribution is -0.161. The van der Waals surface area contributed by atoms with Crippen LogP contribution < -0.4 is 0 Å². The molecule has 0 unspecified atom stereocenters. The Balaban J connectivity index is 2.00. The van der Waals surface area contributed by atoms with Crippen LogP contribution in [0, 0.1) is 6.92 Å². The van der Waals surface area contributed by atoms with Crippen molar-refractivity contribution in [1.82, 2.24) is 4.90 Å². The molecule has 2 aromatic rings. The summed E-state index contributed by atoms with van der Waals surface area (Å²) in [6.07, 6.45) is -3.08. The number of carbonyl (C=O) groups excluding carboxylic acids is 1. The van der Waals surface area contributed by atoms with Crippen molar-refractivity contribution in [3.8, 4) is 0 Å². The zero-order valence-corrected chi connectivity index (χ0v) is 13.3.